The van der Waals surface area contributed by atoms with E-state index < -0.39 is 21.4 Å². The van der Waals surface area contributed by atoms with E-state index in [0.717, 1.165) is 12.0 Å². The highest BCUT2D eigenvalue weighted by atomic mass is 32.2. The zero-order valence-electron chi connectivity index (χ0n) is 14.1. The number of hydrogen-bond donors (Lipinski definition) is 0. The van der Waals surface area contributed by atoms with Gasteiger partial charge in [0.15, 0.2) is 15.3 Å². The van der Waals surface area contributed by atoms with Crippen molar-refractivity contribution in [2.24, 2.45) is 5.92 Å². The maximum Gasteiger partial charge on any atom is 0.185 e. The molecule has 0 aliphatic carbocycles. The molecule has 0 bridgehead atoms. The van der Waals surface area contributed by atoms with Gasteiger partial charge in [-0.3, -0.25) is 0 Å². The largest absolute Gasteiger partial charge is 0.369 e. The Morgan fingerprint density at radius 1 is 1.30 bits per heavy atom. The van der Waals surface area contributed by atoms with Crippen molar-refractivity contribution in [1.29, 1.82) is 0 Å². The molecular formula is C18H26O4S. The fraction of sp³-hybridized carbons (Fsp3) is 0.556. The van der Waals surface area contributed by atoms with Crippen LogP contribution >= 0.6 is 0 Å². The SMILES string of the molecule is C=C(C)CS(=O)(=O)C1OC(CC)C(C)C1OCc1ccccc1. The topological polar surface area (TPSA) is 52.6 Å². The standard InChI is InChI=1S/C18H26O4S/c1-5-16-14(4)17(21-11-15-9-7-6-8-10-15)18(22-16)23(19,20)12-13(2)3/h6-10,14,16-18H,2,5,11-12H2,1,3-4H3. The van der Waals surface area contributed by atoms with Crippen LogP contribution in [-0.2, 0) is 25.9 Å². The summed E-state index contributed by atoms with van der Waals surface area (Å²) in [6.45, 7) is 9.82. The Balaban J connectivity index is 2.16. The molecule has 128 valence electrons. The minimum Gasteiger partial charge on any atom is -0.369 e. The third-order valence-corrected chi connectivity index (χ3v) is 6.15. The van der Waals surface area contributed by atoms with Gasteiger partial charge in [-0.1, -0.05) is 56.3 Å². The number of rotatable bonds is 7. The lowest BCUT2D eigenvalue weighted by Gasteiger charge is -2.22. The smallest absolute Gasteiger partial charge is 0.185 e. The summed E-state index contributed by atoms with van der Waals surface area (Å²) in [7, 11) is -3.44. The number of benzene rings is 1. The normalized spacial score (nSPS) is 28.0. The molecule has 1 saturated heterocycles. The van der Waals surface area contributed by atoms with Gasteiger partial charge in [0.05, 0.1) is 18.5 Å². The molecule has 5 heteroatoms. The fourth-order valence-electron chi connectivity index (χ4n) is 3.01. The zero-order valence-corrected chi connectivity index (χ0v) is 14.9. The summed E-state index contributed by atoms with van der Waals surface area (Å²) in [5.74, 6) is -0.0277. The Kier molecular flexibility index (Phi) is 6.00. The van der Waals surface area contributed by atoms with Gasteiger partial charge < -0.3 is 9.47 Å². The van der Waals surface area contributed by atoms with Gasteiger partial charge in [-0.25, -0.2) is 8.42 Å². The molecule has 1 fully saturated rings. The van der Waals surface area contributed by atoms with E-state index in [2.05, 4.69) is 6.58 Å². The third-order valence-electron chi connectivity index (χ3n) is 4.17. The highest BCUT2D eigenvalue weighted by Gasteiger charge is 2.48. The molecule has 1 aliphatic rings. The second-order valence-corrected chi connectivity index (χ2v) is 8.41. The molecular weight excluding hydrogens is 312 g/mol. The van der Waals surface area contributed by atoms with Gasteiger partial charge in [0.2, 0.25) is 0 Å². The molecule has 4 unspecified atom stereocenters. The zero-order chi connectivity index (χ0) is 17.0. The van der Waals surface area contributed by atoms with E-state index in [1.807, 2.05) is 44.2 Å². The van der Waals surface area contributed by atoms with Gasteiger partial charge in [-0.15, -0.1) is 0 Å². The minimum absolute atomic E-state index is 0.0357. The summed E-state index contributed by atoms with van der Waals surface area (Å²) < 4.78 is 37.0. The van der Waals surface area contributed by atoms with Crippen LogP contribution in [0.5, 0.6) is 0 Å². The summed E-state index contributed by atoms with van der Waals surface area (Å²) in [4.78, 5) is 0. The van der Waals surface area contributed by atoms with Crippen LogP contribution in [-0.4, -0.2) is 31.8 Å². The Bertz CT molecular complexity index is 624. The number of ether oxygens (including phenoxy) is 2. The Hall–Kier alpha value is -1.17. The van der Waals surface area contributed by atoms with Crippen LogP contribution in [0.25, 0.3) is 0 Å². The minimum atomic E-state index is -3.44. The summed E-state index contributed by atoms with van der Waals surface area (Å²) in [6, 6.07) is 9.76. The maximum atomic E-state index is 12.6. The van der Waals surface area contributed by atoms with E-state index in [9.17, 15) is 8.42 Å². The maximum absolute atomic E-state index is 12.6. The molecule has 0 saturated carbocycles. The molecule has 1 heterocycles. The van der Waals surface area contributed by atoms with E-state index in [4.69, 9.17) is 9.47 Å². The molecule has 4 nitrogen and oxygen atoms in total. The first-order valence-corrected chi connectivity index (χ1v) is 9.73. The van der Waals surface area contributed by atoms with Gasteiger partial charge in [0.1, 0.15) is 6.10 Å². The van der Waals surface area contributed by atoms with E-state index >= 15 is 0 Å². The lowest BCUT2D eigenvalue weighted by atomic mass is 9.99. The lowest BCUT2D eigenvalue weighted by molar-refractivity contribution is 0.00160. The van der Waals surface area contributed by atoms with Crippen molar-refractivity contribution in [3.05, 3.63) is 48.0 Å². The molecule has 0 amide bonds. The molecule has 23 heavy (non-hydrogen) atoms. The predicted molar refractivity (Wildman–Crippen MR) is 91.7 cm³/mol. The van der Waals surface area contributed by atoms with Crippen molar-refractivity contribution in [2.45, 2.75) is 51.4 Å². The fourth-order valence-corrected chi connectivity index (χ4v) is 4.91. The first kappa shape index (κ1) is 18.2. The van der Waals surface area contributed by atoms with Crippen molar-refractivity contribution in [2.75, 3.05) is 5.75 Å². The molecule has 0 N–H and O–H groups in total. The second kappa shape index (κ2) is 7.60. The molecule has 1 aliphatic heterocycles. The Morgan fingerprint density at radius 3 is 2.52 bits per heavy atom. The highest BCUT2D eigenvalue weighted by Crippen LogP contribution is 2.35. The van der Waals surface area contributed by atoms with Crippen molar-refractivity contribution in [3.63, 3.8) is 0 Å². The molecule has 0 aromatic heterocycles. The van der Waals surface area contributed by atoms with Crippen LogP contribution in [0.3, 0.4) is 0 Å². The quantitative estimate of drug-likeness (QED) is 0.716. The summed E-state index contributed by atoms with van der Waals surface area (Å²) in [5.41, 5.74) is 0.724. The Labute approximate surface area is 139 Å². The van der Waals surface area contributed by atoms with E-state index in [1.54, 1.807) is 6.92 Å². The average Bonchev–Trinajstić information content (AvgIpc) is 2.82. The van der Waals surface area contributed by atoms with Crippen LogP contribution < -0.4 is 0 Å². The van der Waals surface area contributed by atoms with Crippen LogP contribution in [0.2, 0.25) is 0 Å². The molecule has 0 radical (unpaired) electrons. The van der Waals surface area contributed by atoms with E-state index in [1.165, 1.54) is 0 Å². The highest BCUT2D eigenvalue weighted by molar-refractivity contribution is 7.92. The number of sulfone groups is 1. The summed E-state index contributed by atoms with van der Waals surface area (Å²) >= 11 is 0. The summed E-state index contributed by atoms with van der Waals surface area (Å²) in [6.07, 6.45) is 0.219. The van der Waals surface area contributed by atoms with Gasteiger partial charge in [0, 0.05) is 5.92 Å². The first-order valence-electron chi connectivity index (χ1n) is 8.02. The predicted octanol–water partition coefficient (Wildman–Crippen LogP) is 3.33. The van der Waals surface area contributed by atoms with Crippen molar-refractivity contribution >= 4 is 9.84 Å². The third kappa shape index (κ3) is 4.43. The van der Waals surface area contributed by atoms with Crippen LogP contribution in [0.1, 0.15) is 32.8 Å². The molecule has 1 aromatic carbocycles. The Morgan fingerprint density at radius 2 is 1.96 bits per heavy atom. The van der Waals surface area contributed by atoms with Gasteiger partial charge >= 0.3 is 0 Å². The van der Waals surface area contributed by atoms with Gasteiger partial charge in [-0.2, -0.15) is 0 Å². The van der Waals surface area contributed by atoms with Crippen molar-refractivity contribution in [1.82, 2.24) is 0 Å². The van der Waals surface area contributed by atoms with Gasteiger partial charge in [0.25, 0.3) is 0 Å². The molecule has 0 spiro atoms. The molecule has 1 aromatic rings. The van der Waals surface area contributed by atoms with E-state index in [0.29, 0.717) is 12.2 Å². The van der Waals surface area contributed by atoms with Crippen LogP contribution in [0, 0.1) is 5.92 Å². The monoisotopic (exact) mass is 338 g/mol. The van der Waals surface area contributed by atoms with Crippen molar-refractivity contribution < 1.29 is 17.9 Å². The lowest BCUT2D eigenvalue weighted by Crippen LogP contribution is -2.36. The summed E-state index contributed by atoms with van der Waals surface area (Å²) in [5, 5.41) is 0. The second-order valence-electron chi connectivity index (χ2n) is 6.34. The molecule has 4 atom stereocenters. The van der Waals surface area contributed by atoms with Gasteiger partial charge in [-0.05, 0) is 18.9 Å². The molecule has 2 rings (SSSR count). The van der Waals surface area contributed by atoms with Crippen molar-refractivity contribution in [3.8, 4) is 0 Å². The number of hydrogen-bond acceptors (Lipinski definition) is 4. The van der Waals surface area contributed by atoms with Crippen LogP contribution in [0.15, 0.2) is 42.5 Å². The average molecular weight is 338 g/mol. The first-order chi connectivity index (χ1) is 10.8. The van der Waals surface area contributed by atoms with Crippen LogP contribution in [0.4, 0.5) is 0 Å². The van der Waals surface area contributed by atoms with E-state index in [-0.39, 0.29) is 17.8 Å².